The van der Waals surface area contributed by atoms with Crippen molar-refractivity contribution >= 4 is 29.6 Å². The van der Waals surface area contributed by atoms with Gasteiger partial charge < -0.3 is 14.4 Å². The number of hydrogen-bond acceptors (Lipinski definition) is 6. The van der Waals surface area contributed by atoms with Crippen molar-refractivity contribution < 1.29 is 23.9 Å². The van der Waals surface area contributed by atoms with E-state index >= 15 is 0 Å². The minimum Gasteiger partial charge on any atom is -0.455 e. The van der Waals surface area contributed by atoms with E-state index in [0.29, 0.717) is 0 Å². The summed E-state index contributed by atoms with van der Waals surface area (Å²) in [4.78, 5) is 36.1. The van der Waals surface area contributed by atoms with E-state index in [1.807, 2.05) is 20.8 Å². The molecule has 0 spiro atoms. The van der Waals surface area contributed by atoms with Crippen LogP contribution in [0, 0.1) is 0 Å². The van der Waals surface area contributed by atoms with Crippen molar-refractivity contribution in [1.82, 2.24) is 4.90 Å². The Bertz CT molecular complexity index is 483. The van der Waals surface area contributed by atoms with E-state index in [2.05, 4.69) is 0 Å². The maximum Gasteiger partial charge on any atom is 0.303 e. The second-order valence-electron chi connectivity index (χ2n) is 6.04. The van der Waals surface area contributed by atoms with Crippen LogP contribution in [0.1, 0.15) is 41.5 Å². The highest BCUT2D eigenvalue weighted by molar-refractivity contribution is 8.01. The summed E-state index contributed by atoms with van der Waals surface area (Å²) in [5, 5.41) is -0.462. The molecule has 0 aromatic heterocycles. The van der Waals surface area contributed by atoms with Crippen LogP contribution in [0.25, 0.3) is 0 Å². The molecular weight excluding hydrogens is 306 g/mol. The molecule has 1 amide bonds. The molecule has 0 fully saturated rings. The Kier molecular flexibility index (Phi) is 6.05. The van der Waals surface area contributed by atoms with Crippen LogP contribution in [0.3, 0.4) is 0 Å². The molecule has 0 radical (unpaired) electrons. The molecule has 1 aliphatic rings. The Balaban J connectivity index is 3.18. The van der Waals surface area contributed by atoms with Gasteiger partial charge in [-0.15, -0.1) is 11.8 Å². The second-order valence-corrected chi connectivity index (χ2v) is 7.98. The van der Waals surface area contributed by atoms with E-state index in [1.165, 1.54) is 37.4 Å². The van der Waals surface area contributed by atoms with Crippen LogP contribution >= 0.6 is 11.8 Å². The molecule has 0 bridgehead atoms. The van der Waals surface area contributed by atoms with Crippen molar-refractivity contribution in [2.45, 2.75) is 63.9 Å². The number of nitrogens with zero attached hydrogens (tertiary/aromatic N) is 1. The van der Waals surface area contributed by atoms with Crippen molar-refractivity contribution in [3.63, 3.8) is 0 Å². The lowest BCUT2D eigenvalue weighted by atomic mass is 10.1. The third-order valence-corrected chi connectivity index (χ3v) is 4.20. The highest BCUT2D eigenvalue weighted by Gasteiger charge is 2.42. The van der Waals surface area contributed by atoms with Gasteiger partial charge in [0, 0.05) is 31.7 Å². The van der Waals surface area contributed by atoms with Crippen LogP contribution in [0.15, 0.2) is 12.3 Å². The van der Waals surface area contributed by atoms with Crippen molar-refractivity contribution in [2.24, 2.45) is 0 Å². The zero-order valence-electron chi connectivity index (χ0n) is 13.8. The molecule has 0 unspecified atom stereocenters. The summed E-state index contributed by atoms with van der Waals surface area (Å²) in [5.74, 6) is -1.13. The zero-order chi connectivity index (χ0) is 17.1. The molecule has 1 rings (SSSR count). The van der Waals surface area contributed by atoms with Gasteiger partial charge in [-0.3, -0.25) is 14.4 Å². The fourth-order valence-corrected chi connectivity index (χ4v) is 3.48. The van der Waals surface area contributed by atoms with E-state index in [0.717, 1.165) is 0 Å². The summed E-state index contributed by atoms with van der Waals surface area (Å²) < 4.78 is 10.4. The fraction of sp³-hybridized carbons (Fsp3) is 0.667. The summed E-state index contributed by atoms with van der Waals surface area (Å²) in [7, 11) is 0. The lowest BCUT2D eigenvalue weighted by Gasteiger charge is -2.41. The Morgan fingerprint density at radius 3 is 2.00 bits per heavy atom. The molecule has 0 saturated carbocycles. The molecule has 6 nitrogen and oxygen atoms in total. The Hall–Kier alpha value is -1.50. The van der Waals surface area contributed by atoms with E-state index in [4.69, 9.17) is 9.47 Å². The minimum atomic E-state index is -0.750. The molecule has 124 valence electrons. The third kappa shape index (κ3) is 5.36. The van der Waals surface area contributed by atoms with Crippen molar-refractivity contribution in [2.75, 3.05) is 0 Å². The molecule has 3 atom stereocenters. The first kappa shape index (κ1) is 18.5. The number of thioether (sulfide) groups is 1. The smallest absolute Gasteiger partial charge is 0.303 e. The largest absolute Gasteiger partial charge is 0.455 e. The molecule has 0 aromatic carbocycles. The summed E-state index contributed by atoms with van der Waals surface area (Å²) in [6.45, 7) is 10.0. The average molecular weight is 329 g/mol. The van der Waals surface area contributed by atoms with Gasteiger partial charge in [-0.25, -0.2) is 0 Å². The fourth-order valence-electron chi connectivity index (χ4n) is 2.08. The van der Waals surface area contributed by atoms with Crippen LogP contribution in [0.2, 0.25) is 0 Å². The first-order chi connectivity index (χ1) is 10.0. The van der Waals surface area contributed by atoms with E-state index < -0.39 is 29.5 Å². The van der Waals surface area contributed by atoms with Gasteiger partial charge >= 0.3 is 11.9 Å². The van der Waals surface area contributed by atoms with Crippen molar-refractivity contribution in [3.8, 4) is 0 Å². The quantitative estimate of drug-likeness (QED) is 0.738. The maximum atomic E-state index is 11.9. The molecule has 0 aliphatic carbocycles. The van der Waals surface area contributed by atoms with Gasteiger partial charge in [0.25, 0.3) is 0 Å². The van der Waals surface area contributed by atoms with Gasteiger partial charge in [0.1, 0.15) is 5.37 Å². The van der Waals surface area contributed by atoms with Gasteiger partial charge in [-0.1, -0.05) is 20.8 Å². The SMILES string of the molecule is CC(=O)O[C@@H]1[C@@H](OC(C)=O)C=CN(C(C)=O)[C@H]1SC(C)(C)C. The second kappa shape index (κ2) is 7.17. The normalized spacial score (nSPS) is 24.8. The highest BCUT2D eigenvalue weighted by Crippen LogP contribution is 2.37. The van der Waals surface area contributed by atoms with E-state index in [9.17, 15) is 14.4 Å². The number of ether oxygens (including phenoxy) is 2. The third-order valence-electron chi connectivity index (χ3n) is 2.76. The summed E-state index contributed by atoms with van der Waals surface area (Å²) in [6, 6.07) is 0. The van der Waals surface area contributed by atoms with Crippen LogP contribution in [0.5, 0.6) is 0 Å². The van der Waals surface area contributed by atoms with Gasteiger partial charge in [0.15, 0.2) is 12.2 Å². The molecule has 1 aliphatic heterocycles. The number of rotatable bonds is 3. The predicted octanol–water partition coefficient (Wildman–Crippen LogP) is 2.08. The van der Waals surface area contributed by atoms with Gasteiger partial charge in [-0.2, -0.15) is 0 Å². The Morgan fingerprint density at radius 2 is 1.59 bits per heavy atom. The number of carbonyl (C=O) groups is 3. The van der Waals surface area contributed by atoms with E-state index in [1.54, 1.807) is 12.3 Å². The van der Waals surface area contributed by atoms with E-state index in [-0.39, 0.29) is 10.7 Å². The van der Waals surface area contributed by atoms with Crippen LogP contribution in [0.4, 0.5) is 0 Å². The first-order valence-electron chi connectivity index (χ1n) is 7.01. The summed E-state index contributed by atoms with van der Waals surface area (Å²) >= 11 is 1.48. The first-order valence-corrected chi connectivity index (χ1v) is 7.88. The van der Waals surface area contributed by atoms with Gasteiger partial charge in [0.05, 0.1) is 0 Å². The summed E-state index contributed by atoms with van der Waals surface area (Å²) in [5.41, 5.74) is 0. The number of carbonyl (C=O) groups excluding carboxylic acids is 3. The van der Waals surface area contributed by atoms with Crippen LogP contribution < -0.4 is 0 Å². The van der Waals surface area contributed by atoms with Gasteiger partial charge in [0.2, 0.25) is 5.91 Å². The number of amides is 1. The number of hydrogen-bond donors (Lipinski definition) is 0. The molecule has 0 saturated heterocycles. The Labute approximate surface area is 135 Å². The minimum absolute atomic E-state index is 0.170. The van der Waals surface area contributed by atoms with Crippen LogP contribution in [-0.4, -0.2) is 45.1 Å². The lowest BCUT2D eigenvalue weighted by molar-refractivity contribution is -0.165. The topological polar surface area (TPSA) is 72.9 Å². The van der Waals surface area contributed by atoms with Crippen LogP contribution in [-0.2, 0) is 23.9 Å². The lowest BCUT2D eigenvalue weighted by Crippen LogP contribution is -2.53. The molecule has 7 heteroatoms. The monoisotopic (exact) mass is 329 g/mol. The standard InChI is InChI=1S/C15H23NO5S/c1-9(17)16-8-7-12(20-10(2)18)13(21-11(3)19)14(16)22-15(4,5)6/h7-8,12-14H,1-6H3/t12-,13+,14-/m0/s1. The number of esters is 2. The highest BCUT2D eigenvalue weighted by atomic mass is 32.2. The zero-order valence-corrected chi connectivity index (χ0v) is 14.6. The van der Waals surface area contributed by atoms with Crippen molar-refractivity contribution in [1.29, 1.82) is 0 Å². The molecule has 0 N–H and O–H groups in total. The summed E-state index contributed by atoms with van der Waals surface area (Å²) in [6.07, 6.45) is 1.69. The maximum absolute atomic E-state index is 11.9. The van der Waals surface area contributed by atoms with Crippen molar-refractivity contribution in [3.05, 3.63) is 12.3 Å². The average Bonchev–Trinajstić information content (AvgIpc) is 2.29. The molecule has 22 heavy (non-hydrogen) atoms. The molecule has 1 heterocycles. The molecular formula is C15H23NO5S. The predicted molar refractivity (Wildman–Crippen MR) is 83.9 cm³/mol. The van der Waals surface area contributed by atoms with Gasteiger partial charge in [-0.05, 0) is 6.08 Å². The molecule has 0 aromatic rings. The Morgan fingerprint density at radius 1 is 1.05 bits per heavy atom.